The maximum absolute atomic E-state index is 4.23. The minimum atomic E-state index is 0.857. The molecule has 0 bridgehead atoms. The summed E-state index contributed by atoms with van der Waals surface area (Å²) >= 11 is 3.56. The van der Waals surface area contributed by atoms with Gasteiger partial charge in [-0.2, -0.15) is 5.10 Å². The molecule has 0 saturated heterocycles. The number of nitrogens with zero attached hydrogens (tertiary/aromatic N) is 3. The molecule has 5 heteroatoms. The number of aryl methyl sites for hydroxylation is 1. The molecule has 0 unspecified atom stereocenters. The van der Waals surface area contributed by atoms with Gasteiger partial charge < -0.3 is 10.2 Å². The SMILES string of the molecule is CCCNCc1cc(Br)ccc1N(C)Cc1cnn(C)c1. The first kappa shape index (κ1) is 16.0. The van der Waals surface area contributed by atoms with Crippen LogP contribution >= 0.6 is 15.9 Å². The van der Waals surface area contributed by atoms with Crippen molar-refractivity contribution in [2.75, 3.05) is 18.5 Å². The Bertz CT molecular complexity index is 579. The van der Waals surface area contributed by atoms with Crippen LogP contribution in [0, 0.1) is 0 Å². The first-order valence-corrected chi connectivity index (χ1v) is 8.07. The van der Waals surface area contributed by atoms with Crippen molar-refractivity contribution in [2.24, 2.45) is 7.05 Å². The van der Waals surface area contributed by atoms with Gasteiger partial charge in [0, 0.05) is 49.1 Å². The fourth-order valence-corrected chi connectivity index (χ4v) is 2.79. The summed E-state index contributed by atoms with van der Waals surface area (Å²) in [6.45, 7) is 4.97. The van der Waals surface area contributed by atoms with Gasteiger partial charge in [0.15, 0.2) is 0 Å². The van der Waals surface area contributed by atoms with Crippen LogP contribution in [0.1, 0.15) is 24.5 Å². The van der Waals surface area contributed by atoms with Crippen molar-refractivity contribution in [1.29, 1.82) is 0 Å². The number of rotatable bonds is 7. The van der Waals surface area contributed by atoms with Gasteiger partial charge in [-0.15, -0.1) is 0 Å². The predicted octanol–water partition coefficient (Wildman–Crippen LogP) is 3.32. The highest BCUT2D eigenvalue weighted by molar-refractivity contribution is 9.10. The van der Waals surface area contributed by atoms with E-state index in [1.807, 2.05) is 17.9 Å². The molecule has 0 aliphatic heterocycles. The summed E-state index contributed by atoms with van der Waals surface area (Å²) < 4.78 is 2.96. The monoisotopic (exact) mass is 350 g/mol. The lowest BCUT2D eigenvalue weighted by Gasteiger charge is -2.22. The molecular weight excluding hydrogens is 328 g/mol. The third-order valence-electron chi connectivity index (χ3n) is 3.37. The smallest absolute Gasteiger partial charge is 0.0539 e. The molecular formula is C16H23BrN4. The predicted molar refractivity (Wildman–Crippen MR) is 91.5 cm³/mol. The highest BCUT2D eigenvalue weighted by atomic mass is 79.9. The van der Waals surface area contributed by atoms with Crippen LogP contribution in [0.25, 0.3) is 0 Å². The summed E-state index contributed by atoms with van der Waals surface area (Å²) in [4.78, 5) is 2.27. The van der Waals surface area contributed by atoms with Crippen LogP contribution in [0.2, 0.25) is 0 Å². The van der Waals surface area contributed by atoms with Crippen molar-refractivity contribution in [2.45, 2.75) is 26.4 Å². The Morgan fingerprint density at radius 2 is 2.19 bits per heavy atom. The van der Waals surface area contributed by atoms with Gasteiger partial charge in [-0.05, 0) is 36.7 Å². The summed E-state index contributed by atoms with van der Waals surface area (Å²) in [7, 11) is 4.07. The molecule has 0 spiro atoms. The molecule has 1 aromatic heterocycles. The Hall–Kier alpha value is -1.33. The second-order valence-corrected chi connectivity index (χ2v) is 6.24. The van der Waals surface area contributed by atoms with Crippen molar-refractivity contribution in [3.8, 4) is 0 Å². The van der Waals surface area contributed by atoms with Crippen molar-refractivity contribution >= 4 is 21.6 Å². The minimum Gasteiger partial charge on any atom is -0.370 e. The maximum atomic E-state index is 4.23. The van der Waals surface area contributed by atoms with Gasteiger partial charge in [0.25, 0.3) is 0 Å². The van der Waals surface area contributed by atoms with E-state index in [0.29, 0.717) is 0 Å². The van der Waals surface area contributed by atoms with Gasteiger partial charge in [0.05, 0.1) is 6.20 Å². The Morgan fingerprint density at radius 3 is 2.86 bits per heavy atom. The van der Waals surface area contributed by atoms with Crippen LogP contribution in [-0.2, 0) is 20.1 Å². The first-order valence-electron chi connectivity index (χ1n) is 7.28. The summed E-state index contributed by atoms with van der Waals surface area (Å²) in [6.07, 6.45) is 5.13. The zero-order chi connectivity index (χ0) is 15.2. The first-order chi connectivity index (χ1) is 10.1. The van der Waals surface area contributed by atoms with Gasteiger partial charge in [-0.25, -0.2) is 0 Å². The Kier molecular flexibility index (Phi) is 5.82. The van der Waals surface area contributed by atoms with Gasteiger partial charge in [0.2, 0.25) is 0 Å². The van der Waals surface area contributed by atoms with E-state index in [-0.39, 0.29) is 0 Å². The summed E-state index contributed by atoms with van der Waals surface area (Å²) in [6, 6.07) is 6.46. The van der Waals surface area contributed by atoms with E-state index < -0.39 is 0 Å². The number of hydrogen-bond donors (Lipinski definition) is 1. The van der Waals surface area contributed by atoms with Crippen LogP contribution in [0.3, 0.4) is 0 Å². The molecule has 0 aliphatic carbocycles. The molecule has 1 aromatic carbocycles. The number of anilines is 1. The fraction of sp³-hybridized carbons (Fsp3) is 0.438. The third kappa shape index (κ3) is 4.58. The standard InChI is InChI=1S/C16H23BrN4/c1-4-7-18-10-14-8-15(17)5-6-16(14)20(2)11-13-9-19-21(3)12-13/h5-6,8-9,12,18H,4,7,10-11H2,1-3H3. The van der Waals surface area contributed by atoms with E-state index in [4.69, 9.17) is 0 Å². The lowest BCUT2D eigenvalue weighted by molar-refractivity contribution is 0.673. The normalized spacial score (nSPS) is 10.9. The second kappa shape index (κ2) is 7.61. The highest BCUT2D eigenvalue weighted by Crippen LogP contribution is 2.25. The molecule has 0 radical (unpaired) electrons. The van der Waals surface area contributed by atoms with Gasteiger partial charge in [0.1, 0.15) is 0 Å². The van der Waals surface area contributed by atoms with Crippen molar-refractivity contribution in [1.82, 2.24) is 15.1 Å². The molecule has 0 amide bonds. The minimum absolute atomic E-state index is 0.857. The van der Waals surface area contributed by atoms with E-state index in [2.05, 4.69) is 69.6 Å². The Morgan fingerprint density at radius 1 is 1.38 bits per heavy atom. The van der Waals surface area contributed by atoms with Gasteiger partial charge >= 0.3 is 0 Å². The van der Waals surface area contributed by atoms with Crippen molar-refractivity contribution < 1.29 is 0 Å². The summed E-state index contributed by atoms with van der Waals surface area (Å²) in [5.74, 6) is 0. The van der Waals surface area contributed by atoms with Crippen molar-refractivity contribution in [3.63, 3.8) is 0 Å². The van der Waals surface area contributed by atoms with Crippen LogP contribution in [0.15, 0.2) is 35.1 Å². The van der Waals surface area contributed by atoms with E-state index in [9.17, 15) is 0 Å². The van der Waals surface area contributed by atoms with Crippen LogP contribution < -0.4 is 10.2 Å². The number of aromatic nitrogens is 2. The topological polar surface area (TPSA) is 33.1 Å². The molecule has 2 aromatic rings. The van der Waals surface area contributed by atoms with Gasteiger partial charge in [-0.1, -0.05) is 22.9 Å². The van der Waals surface area contributed by atoms with Crippen LogP contribution in [0.4, 0.5) is 5.69 Å². The lowest BCUT2D eigenvalue weighted by atomic mass is 10.1. The number of nitrogens with one attached hydrogen (secondary N) is 1. The zero-order valence-corrected chi connectivity index (χ0v) is 14.5. The second-order valence-electron chi connectivity index (χ2n) is 5.33. The fourth-order valence-electron chi connectivity index (χ4n) is 2.38. The molecule has 0 fully saturated rings. The van der Waals surface area contributed by atoms with Crippen LogP contribution in [-0.4, -0.2) is 23.4 Å². The van der Waals surface area contributed by atoms with E-state index in [0.717, 1.165) is 30.5 Å². The van der Waals surface area contributed by atoms with Crippen LogP contribution in [0.5, 0.6) is 0 Å². The lowest BCUT2D eigenvalue weighted by Crippen LogP contribution is -2.21. The Balaban J connectivity index is 2.12. The zero-order valence-electron chi connectivity index (χ0n) is 12.9. The Labute approximate surface area is 135 Å². The number of benzene rings is 1. The van der Waals surface area contributed by atoms with E-state index in [1.165, 1.54) is 16.8 Å². The molecule has 114 valence electrons. The van der Waals surface area contributed by atoms with Gasteiger partial charge in [-0.3, -0.25) is 4.68 Å². The molecule has 0 saturated carbocycles. The summed E-state index contributed by atoms with van der Waals surface area (Å²) in [5, 5.41) is 7.71. The number of hydrogen-bond acceptors (Lipinski definition) is 3. The average Bonchev–Trinajstić information content (AvgIpc) is 2.84. The van der Waals surface area contributed by atoms with E-state index >= 15 is 0 Å². The molecule has 4 nitrogen and oxygen atoms in total. The number of halogens is 1. The average molecular weight is 351 g/mol. The molecule has 21 heavy (non-hydrogen) atoms. The molecule has 1 N–H and O–H groups in total. The quantitative estimate of drug-likeness (QED) is 0.777. The van der Waals surface area contributed by atoms with E-state index in [1.54, 1.807) is 0 Å². The highest BCUT2D eigenvalue weighted by Gasteiger charge is 2.09. The molecule has 0 aliphatic rings. The van der Waals surface area contributed by atoms with Crippen molar-refractivity contribution in [3.05, 3.63) is 46.2 Å². The molecule has 2 rings (SSSR count). The third-order valence-corrected chi connectivity index (χ3v) is 3.87. The molecule has 1 heterocycles. The molecule has 0 atom stereocenters. The largest absolute Gasteiger partial charge is 0.370 e. The maximum Gasteiger partial charge on any atom is 0.0539 e. The summed E-state index contributed by atoms with van der Waals surface area (Å²) in [5.41, 5.74) is 3.78.